The molecule has 0 aliphatic carbocycles. The summed E-state index contributed by atoms with van der Waals surface area (Å²) in [5.74, 6) is -1.21. The van der Waals surface area contributed by atoms with E-state index in [0.29, 0.717) is 5.06 Å². The number of ether oxygens (including phenoxy) is 1. The van der Waals surface area contributed by atoms with Crippen LogP contribution in [-0.2, 0) is 11.2 Å². The summed E-state index contributed by atoms with van der Waals surface area (Å²) in [4.78, 5) is 11.1. The van der Waals surface area contributed by atoms with Crippen molar-refractivity contribution in [2.45, 2.75) is 12.5 Å². The zero-order chi connectivity index (χ0) is 10.7. The van der Waals surface area contributed by atoms with Gasteiger partial charge in [0, 0.05) is 11.3 Å². The van der Waals surface area contributed by atoms with Gasteiger partial charge in [-0.1, -0.05) is 0 Å². The summed E-state index contributed by atoms with van der Waals surface area (Å²) in [6.07, 6.45) is -1.26. The molecule has 1 heterocycles. The number of thiophene rings is 1. The van der Waals surface area contributed by atoms with E-state index in [-0.39, 0.29) is 6.42 Å². The van der Waals surface area contributed by atoms with Gasteiger partial charge >= 0.3 is 5.97 Å². The molecule has 78 valence electrons. The normalized spacial score (nSPS) is 12.5. The highest BCUT2D eigenvalue weighted by atomic mass is 79.9. The Morgan fingerprint density at radius 3 is 2.86 bits per heavy atom. The van der Waals surface area contributed by atoms with Crippen LogP contribution in [0.1, 0.15) is 4.88 Å². The van der Waals surface area contributed by atoms with Crippen molar-refractivity contribution in [2.75, 3.05) is 7.11 Å². The molecule has 0 aliphatic heterocycles. The molecule has 0 saturated carbocycles. The van der Waals surface area contributed by atoms with Crippen LogP contribution in [-0.4, -0.2) is 29.4 Å². The van der Waals surface area contributed by atoms with E-state index in [1.807, 2.05) is 0 Å². The van der Waals surface area contributed by atoms with Crippen LogP contribution in [0, 0.1) is 0 Å². The fourth-order valence-electron chi connectivity index (χ4n) is 0.915. The number of hydrogen-bond acceptors (Lipinski definition) is 4. The minimum atomic E-state index is -1.36. The standard InChI is InChI=1S/C8H9BrO4S/c1-13-8-5(9)2-4(14-8)3-6(10)7(11)12/h2,6,10H,3H2,1H3,(H,11,12). The average Bonchev–Trinajstić information content (AvgIpc) is 2.45. The predicted octanol–water partition coefficient (Wildman–Crippen LogP) is 1.51. The smallest absolute Gasteiger partial charge is 0.332 e. The molecule has 0 aromatic carbocycles. The lowest BCUT2D eigenvalue weighted by Crippen LogP contribution is -2.21. The monoisotopic (exact) mass is 280 g/mol. The Balaban J connectivity index is 2.72. The van der Waals surface area contributed by atoms with Crippen LogP contribution in [0.15, 0.2) is 10.5 Å². The Hall–Kier alpha value is -0.590. The van der Waals surface area contributed by atoms with Crippen LogP contribution in [0.25, 0.3) is 0 Å². The number of methoxy groups -OCH3 is 1. The van der Waals surface area contributed by atoms with Crippen molar-refractivity contribution in [2.24, 2.45) is 0 Å². The second-order valence-corrected chi connectivity index (χ2v) is 4.56. The molecular weight excluding hydrogens is 272 g/mol. The molecule has 0 bridgehead atoms. The third-order valence-corrected chi connectivity index (χ3v) is 3.54. The first-order chi connectivity index (χ1) is 6.54. The van der Waals surface area contributed by atoms with E-state index in [1.54, 1.807) is 6.07 Å². The van der Waals surface area contributed by atoms with Gasteiger partial charge in [-0.3, -0.25) is 0 Å². The second-order valence-electron chi connectivity index (χ2n) is 2.61. The van der Waals surface area contributed by atoms with Crippen LogP contribution in [0.5, 0.6) is 5.06 Å². The molecular formula is C8H9BrO4S. The van der Waals surface area contributed by atoms with E-state index in [9.17, 15) is 4.79 Å². The molecule has 2 N–H and O–H groups in total. The summed E-state index contributed by atoms with van der Waals surface area (Å²) in [5, 5.41) is 18.3. The summed E-state index contributed by atoms with van der Waals surface area (Å²) in [6.45, 7) is 0. The third-order valence-electron chi connectivity index (χ3n) is 1.57. The molecule has 0 fully saturated rings. The Bertz CT molecular complexity index is 336. The number of rotatable bonds is 4. The number of carboxylic acids is 1. The van der Waals surface area contributed by atoms with Gasteiger partial charge in [-0.2, -0.15) is 0 Å². The van der Waals surface area contributed by atoms with E-state index >= 15 is 0 Å². The first-order valence-electron chi connectivity index (χ1n) is 3.77. The number of aliphatic carboxylic acids is 1. The number of halogens is 1. The topological polar surface area (TPSA) is 66.8 Å². The van der Waals surface area contributed by atoms with Crippen LogP contribution in [0.3, 0.4) is 0 Å². The van der Waals surface area contributed by atoms with Crippen molar-refractivity contribution >= 4 is 33.2 Å². The van der Waals surface area contributed by atoms with E-state index in [0.717, 1.165) is 9.35 Å². The molecule has 0 aliphatic rings. The summed E-state index contributed by atoms with van der Waals surface area (Å²) < 4.78 is 5.79. The molecule has 0 saturated heterocycles. The van der Waals surface area contributed by atoms with E-state index in [1.165, 1.54) is 18.4 Å². The maximum Gasteiger partial charge on any atom is 0.332 e. The molecule has 14 heavy (non-hydrogen) atoms. The second kappa shape index (κ2) is 4.77. The summed E-state index contributed by atoms with van der Waals surface area (Å²) in [6, 6.07) is 1.75. The Morgan fingerprint density at radius 1 is 1.79 bits per heavy atom. The SMILES string of the molecule is COc1sc(CC(O)C(=O)O)cc1Br. The van der Waals surface area contributed by atoms with Gasteiger partial charge in [-0.05, 0) is 22.0 Å². The molecule has 6 heteroatoms. The van der Waals surface area contributed by atoms with Crippen molar-refractivity contribution in [3.05, 3.63) is 15.4 Å². The summed E-state index contributed by atoms with van der Waals surface area (Å²) in [5.41, 5.74) is 0. The van der Waals surface area contributed by atoms with E-state index < -0.39 is 12.1 Å². The first kappa shape index (κ1) is 11.5. The van der Waals surface area contributed by atoms with Gasteiger partial charge < -0.3 is 14.9 Å². The van der Waals surface area contributed by atoms with Gasteiger partial charge in [0.2, 0.25) is 0 Å². The van der Waals surface area contributed by atoms with Crippen molar-refractivity contribution < 1.29 is 19.7 Å². The van der Waals surface area contributed by atoms with Crippen LogP contribution in [0.4, 0.5) is 0 Å². The number of hydrogen-bond donors (Lipinski definition) is 2. The molecule has 1 rings (SSSR count). The van der Waals surface area contributed by atoms with Gasteiger partial charge in [-0.15, -0.1) is 11.3 Å². The fraction of sp³-hybridized carbons (Fsp3) is 0.375. The summed E-state index contributed by atoms with van der Waals surface area (Å²) >= 11 is 4.57. The minimum absolute atomic E-state index is 0.0992. The maximum atomic E-state index is 10.4. The number of carbonyl (C=O) groups is 1. The Labute approximate surface area is 93.3 Å². The lowest BCUT2D eigenvalue weighted by molar-refractivity contribution is -0.146. The Morgan fingerprint density at radius 2 is 2.43 bits per heavy atom. The fourth-order valence-corrected chi connectivity index (χ4v) is 2.64. The van der Waals surface area contributed by atoms with Crippen molar-refractivity contribution in [1.82, 2.24) is 0 Å². The highest BCUT2D eigenvalue weighted by Crippen LogP contribution is 2.35. The molecule has 1 atom stereocenters. The first-order valence-corrected chi connectivity index (χ1v) is 5.38. The predicted molar refractivity (Wildman–Crippen MR) is 55.9 cm³/mol. The number of aliphatic hydroxyl groups is 1. The zero-order valence-electron chi connectivity index (χ0n) is 7.36. The third kappa shape index (κ3) is 2.70. The highest BCUT2D eigenvalue weighted by molar-refractivity contribution is 9.10. The lowest BCUT2D eigenvalue weighted by atomic mass is 10.2. The largest absolute Gasteiger partial charge is 0.486 e. The summed E-state index contributed by atoms with van der Waals surface area (Å²) in [7, 11) is 1.54. The van der Waals surface area contributed by atoms with Crippen molar-refractivity contribution in [3.63, 3.8) is 0 Å². The maximum absolute atomic E-state index is 10.4. The van der Waals surface area contributed by atoms with Crippen LogP contribution in [0.2, 0.25) is 0 Å². The highest BCUT2D eigenvalue weighted by Gasteiger charge is 2.16. The molecule has 1 aromatic heterocycles. The lowest BCUT2D eigenvalue weighted by Gasteiger charge is -2.01. The van der Waals surface area contributed by atoms with Crippen molar-refractivity contribution in [3.8, 4) is 5.06 Å². The molecule has 0 spiro atoms. The molecule has 0 amide bonds. The molecule has 1 unspecified atom stereocenters. The number of aliphatic hydroxyl groups excluding tert-OH is 1. The van der Waals surface area contributed by atoms with Crippen molar-refractivity contribution in [1.29, 1.82) is 0 Å². The quantitative estimate of drug-likeness (QED) is 0.877. The van der Waals surface area contributed by atoms with Gasteiger partial charge in [0.25, 0.3) is 0 Å². The van der Waals surface area contributed by atoms with Gasteiger partial charge in [0.15, 0.2) is 11.2 Å². The van der Waals surface area contributed by atoms with E-state index in [4.69, 9.17) is 14.9 Å². The van der Waals surface area contributed by atoms with Gasteiger partial charge in [0.1, 0.15) is 0 Å². The Kier molecular flexibility index (Phi) is 3.91. The minimum Gasteiger partial charge on any atom is -0.486 e. The van der Waals surface area contributed by atoms with Crippen LogP contribution < -0.4 is 4.74 Å². The van der Waals surface area contributed by atoms with E-state index in [2.05, 4.69) is 15.9 Å². The molecule has 1 aromatic rings. The number of carboxylic acid groups (broad SMARTS) is 1. The molecule has 0 radical (unpaired) electrons. The zero-order valence-corrected chi connectivity index (χ0v) is 9.76. The molecule has 4 nitrogen and oxygen atoms in total. The average molecular weight is 281 g/mol. The van der Waals surface area contributed by atoms with Gasteiger partial charge in [0.05, 0.1) is 11.6 Å². The van der Waals surface area contributed by atoms with Crippen LogP contribution >= 0.6 is 27.3 Å². The van der Waals surface area contributed by atoms with Gasteiger partial charge in [-0.25, -0.2) is 4.79 Å².